The predicted molar refractivity (Wildman–Crippen MR) is 86.5 cm³/mol. The van der Waals surface area contributed by atoms with Gasteiger partial charge in [0.25, 0.3) is 5.56 Å². The zero-order chi connectivity index (χ0) is 18.9. The van der Waals surface area contributed by atoms with Crippen LogP contribution in [0.2, 0.25) is 0 Å². The lowest BCUT2D eigenvalue weighted by molar-refractivity contribution is -0.218. The van der Waals surface area contributed by atoms with Crippen molar-refractivity contribution in [3.8, 4) is 0 Å². The van der Waals surface area contributed by atoms with Gasteiger partial charge in [-0.05, 0) is 6.92 Å². The normalized spacial score (nSPS) is 29.6. The highest BCUT2D eigenvalue weighted by atomic mass is 31.2. The third kappa shape index (κ3) is 4.15. The van der Waals surface area contributed by atoms with E-state index in [1.165, 1.54) is 22.4 Å². The van der Waals surface area contributed by atoms with Crippen molar-refractivity contribution in [1.82, 2.24) is 14.2 Å². The minimum absolute atomic E-state index is 0.0696. The second-order valence-corrected chi connectivity index (χ2v) is 8.00. The largest absolute Gasteiger partial charge is 0.766 e. The number of morpholine rings is 1. The van der Waals surface area contributed by atoms with E-state index in [1.54, 1.807) is 0 Å². The maximum Gasteiger partial charge on any atom is 0.330 e. The number of aromatic nitrogens is 2. The van der Waals surface area contributed by atoms with E-state index in [2.05, 4.69) is 4.98 Å². The lowest BCUT2D eigenvalue weighted by atomic mass is 10.2. The van der Waals surface area contributed by atoms with Crippen molar-refractivity contribution >= 4 is 7.75 Å². The topological polar surface area (TPSA) is 146 Å². The Kier molecular flexibility index (Phi) is 5.78. The number of ether oxygens (including phenoxy) is 2. The summed E-state index contributed by atoms with van der Waals surface area (Å²) in [6, 6.07) is 0. The van der Waals surface area contributed by atoms with Gasteiger partial charge in [-0.3, -0.25) is 18.9 Å². The van der Waals surface area contributed by atoms with Gasteiger partial charge in [-0.15, -0.1) is 0 Å². The lowest BCUT2D eigenvalue weighted by Crippen LogP contribution is -2.39. The van der Waals surface area contributed by atoms with Crippen LogP contribution >= 0.6 is 7.75 Å². The van der Waals surface area contributed by atoms with Crippen LogP contribution in [0.3, 0.4) is 0 Å². The standard InChI is InChI=1S/C14H22N3O8P/c1-9-7-17(14(20)15-13(9)19)12-6-10(18)11(25-12)8-24-26(21,22)16-2-4-23-5-3-16/h7,10-12,18H,2-6,8H2,1H3,(H,21,22)(H,15,19,20)/p-1/t10?,11-,12-/m1/s1. The number of aliphatic hydroxyl groups excluding tert-OH is 1. The number of aliphatic hydroxyl groups is 1. The van der Waals surface area contributed by atoms with Crippen molar-refractivity contribution in [3.63, 3.8) is 0 Å². The fraction of sp³-hybridized carbons (Fsp3) is 0.714. The third-order valence-electron chi connectivity index (χ3n) is 4.40. The van der Waals surface area contributed by atoms with E-state index in [4.69, 9.17) is 14.0 Å². The summed E-state index contributed by atoms with van der Waals surface area (Å²) in [7, 11) is -4.27. The first-order valence-electron chi connectivity index (χ1n) is 8.22. The average molecular weight is 390 g/mol. The molecule has 2 aliphatic rings. The molecule has 2 aliphatic heterocycles. The van der Waals surface area contributed by atoms with Gasteiger partial charge in [0, 0.05) is 31.3 Å². The molecule has 0 amide bonds. The first kappa shape index (κ1) is 19.4. The van der Waals surface area contributed by atoms with Gasteiger partial charge in [-0.25, -0.2) is 9.46 Å². The van der Waals surface area contributed by atoms with Crippen molar-refractivity contribution in [1.29, 1.82) is 0 Å². The van der Waals surface area contributed by atoms with Gasteiger partial charge in [0.15, 0.2) is 0 Å². The van der Waals surface area contributed by atoms with Crippen LogP contribution in [0.4, 0.5) is 0 Å². The number of aryl methyl sites for hydroxylation is 1. The number of nitrogens with one attached hydrogen (secondary N) is 1. The van der Waals surface area contributed by atoms with Crippen LogP contribution < -0.4 is 16.1 Å². The maximum atomic E-state index is 12.2. The molecule has 12 heteroatoms. The van der Waals surface area contributed by atoms with Crippen molar-refractivity contribution in [2.45, 2.75) is 31.8 Å². The third-order valence-corrected chi connectivity index (χ3v) is 5.96. The van der Waals surface area contributed by atoms with Crippen LogP contribution in [0, 0.1) is 6.92 Å². The van der Waals surface area contributed by atoms with E-state index < -0.39 is 37.4 Å². The maximum absolute atomic E-state index is 12.2. The number of rotatable bonds is 5. The molecule has 1 aromatic heterocycles. The monoisotopic (exact) mass is 390 g/mol. The minimum atomic E-state index is -4.27. The molecule has 26 heavy (non-hydrogen) atoms. The second kappa shape index (κ2) is 7.73. The molecule has 0 saturated carbocycles. The zero-order valence-corrected chi connectivity index (χ0v) is 15.1. The Morgan fingerprint density at radius 2 is 2.12 bits per heavy atom. The highest BCUT2D eigenvalue weighted by molar-refractivity contribution is 7.48. The summed E-state index contributed by atoms with van der Waals surface area (Å²) in [4.78, 5) is 37.7. The first-order chi connectivity index (χ1) is 12.3. The molecule has 11 nitrogen and oxygen atoms in total. The van der Waals surface area contributed by atoms with Crippen molar-refractivity contribution < 1.29 is 28.6 Å². The van der Waals surface area contributed by atoms with Crippen molar-refractivity contribution in [2.24, 2.45) is 0 Å². The molecule has 0 aromatic carbocycles. The molecule has 0 radical (unpaired) electrons. The molecule has 0 aliphatic carbocycles. The van der Waals surface area contributed by atoms with E-state index in [9.17, 15) is 24.2 Å². The SMILES string of the molecule is Cc1cn([C@H]2CC(O)[C@@H](COP(=O)([O-])N3CCOCC3)O2)c(=O)[nH]c1=O. The van der Waals surface area contributed by atoms with Gasteiger partial charge in [-0.1, -0.05) is 0 Å². The highest BCUT2D eigenvalue weighted by Crippen LogP contribution is 2.43. The Labute approximate surface area is 148 Å². The van der Waals surface area contributed by atoms with Crippen molar-refractivity contribution in [2.75, 3.05) is 32.9 Å². The molecule has 2 unspecified atom stereocenters. The number of nitrogens with zero attached hydrogens (tertiary/aromatic N) is 2. The van der Waals surface area contributed by atoms with E-state index in [1.807, 2.05) is 0 Å². The molecule has 4 atom stereocenters. The van der Waals surface area contributed by atoms with Gasteiger partial charge in [-0.2, -0.15) is 0 Å². The zero-order valence-electron chi connectivity index (χ0n) is 14.2. The quantitative estimate of drug-likeness (QED) is 0.562. The minimum Gasteiger partial charge on any atom is -0.766 e. The Morgan fingerprint density at radius 1 is 1.42 bits per heavy atom. The fourth-order valence-corrected chi connectivity index (χ4v) is 4.04. The van der Waals surface area contributed by atoms with E-state index in [-0.39, 0.29) is 26.1 Å². The fourth-order valence-electron chi connectivity index (χ4n) is 2.88. The van der Waals surface area contributed by atoms with Gasteiger partial charge in [0.2, 0.25) is 7.75 Å². The molecule has 2 N–H and O–H groups in total. The molecule has 0 spiro atoms. The smallest absolute Gasteiger partial charge is 0.330 e. The molecular formula is C14H21N3O8P-. The molecular weight excluding hydrogens is 369 g/mol. The average Bonchev–Trinajstić information content (AvgIpc) is 2.98. The predicted octanol–water partition coefficient (Wildman–Crippen LogP) is -1.69. The summed E-state index contributed by atoms with van der Waals surface area (Å²) in [5.74, 6) is 0. The summed E-state index contributed by atoms with van der Waals surface area (Å²) in [5, 5.41) is 10.1. The second-order valence-electron chi connectivity index (χ2n) is 6.24. The van der Waals surface area contributed by atoms with Crippen LogP contribution in [0.25, 0.3) is 0 Å². The molecule has 1 aromatic rings. The Hall–Kier alpha value is -1.33. The summed E-state index contributed by atoms with van der Waals surface area (Å²) >= 11 is 0. The molecule has 0 bridgehead atoms. The molecule has 146 valence electrons. The Balaban J connectivity index is 1.64. The molecule has 2 fully saturated rings. The molecule has 3 rings (SSSR count). The van der Waals surface area contributed by atoms with E-state index >= 15 is 0 Å². The van der Waals surface area contributed by atoms with E-state index in [0.717, 1.165) is 0 Å². The molecule has 2 saturated heterocycles. The summed E-state index contributed by atoms with van der Waals surface area (Å²) in [6.07, 6.45) is -1.34. The summed E-state index contributed by atoms with van der Waals surface area (Å²) < 4.78 is 30.2. The lowest BCUT2D eigenvalue weighted by Gasteiger charge is -2.37. The van der Waals surface area contributed by atoms with Crippen LogP contribution in [-0.2, 0) is 18.6 Å². The Morgan fingerprint density at radius 3 is 2.81 bits per heavy atom. The summed E-state index contributed by atoms with van der Waals surface area (Å²) in [6.45, 7) is 2.19. The van der Waals surface area contributed by atoms with Crippen LogP contribution in [0.1, 0.15) is 18.2 Å². The van der Waals surface area contributed by atoms with Crippen molar-refractivity contribution in [3.05, 3.63) is 32.6 Å². The number of H-pyrrole nitrogens is 1. The van der Waals surface area contributed by atoms with Gasteiger partial charge >= 0.3 is 5.69 Å². The van der Waals surface area contributed by atoms with E-state index in [0.29, 0.717) is 18.8 Å². The first-order valence-corrected chi connectivity index (χ1v) is 9.72. The van der Waals surface area contributed by atoms with Crippen LogP contribution in [0.5, 0.6) is 0 Å². The number of aromatic amines is 1. The number of hydrogen-bond acceptors (Lipinski definition) is 8. The van der Waals surface area contributed by atoms with Gasteiger partial charge in [0.05, 0.1) is 25.9 Å². The molecule has 3 heterocycles. The van der Waals surface area contributed by atoms with Gasteiger partial charge < -0.3 is 24.0 Å². The summed E-state index contributed by atoms with van der Waals surface area (Å²) in [5.41, 5.74) is -0.844. The number of hydrogen-bond donors (Lipinski definition) is 2. The van der Waals surface area contributed by atoms with Crippen LogP contribution in [-0.4, -0.2) is 64.4 Å². The van der Waals surface area contributed by atoms with Gasteiger partial charge in [0.1, 0.15) is 12.3 Å². The highest BCUT2D eigenvalue weighted by Gasteiger charge is 2.37. The van der Waals surface area contributed by atoms with Crippen LogP contribution in [0.15, 0.2) is 15.8 Å². The Bertz CT molecular complexity index is 802.